The van der Waals surface area contributed by atoms with Gasteiger partial charge in [0, 0.05) is 10.8 Å². The Labute approximate surface area is 135 Å². The molecule has 5 N–H and O–H groups in total. The third-order valence-corrected chi connectivity index (χ3v) is 6.86. The first kappa shape index (κ1) is 17.5. The molecular formula is C16H28O7. The minimum Gasteiger partial charge on any atom is -0.394 e. The summed E-state index contributed by atoms with van der Waals surface area (Å²) < 4.78 is 11.2. The quantitative estimate of drug-likeness (QED) is 0.447. The van der Waals surface area contributed by atoms with Crippen LogP contribution in [0.2, 0.25) is 0 Å². The van der Waals surface area contributed by atoms with Gasteiger partial charge >= 0.3 is 0 Å². The summed E-state index contributed by atoms with van der Waals surface area (Å²) in [5.74, 6) is 0.354. The van der Waals surface area contributed by atoms with Gasteiger partial charge in [0.15, 0.2) is 6.29 Å². The van der Waals surface area contributed by atoms with Gasteiger partial charge in [-0.2, -0.15) is 0 Å². The number of fused-ring (bicyclic) bond motifs is 2. The summed E-state index contributed by atoms with van der Waals surface area (Å²) in [5, 5.41) is 49.2. The minimum atomic E-state index is -1.43. The lowest BCUT2D eigenvalue weighted by molar-refractivity contribution is -0.308. The SMILES string of the molecule is CC12CCC(CC1O)C2(C)COC1OC(CO)C(O)C(O)C1O. The van der Waals surface area contributed by atoms with Crippen molar-refractivity contribution in [2.24, 2.45) is 16.7 Å². The van der Waals surface area contributed by atoms with Crippen LogP contribution >= 0.6 is 0 Å². The lowest BCUT2D eigenvalue weighted by Gasteiger charge is -2.43. The molecule has 9 atom stereocenters. The average molecular weight is 332 g/mol. The lowest BCUT2D eigenvalue weighted by atomic mass is 9.69. The second-order valence-corrected chi connectivity index (χ2v) is 7.83. The van der Waals surface area contributed by atoms with Crippen LogP contribution in [0.25, 0.3) is 0 Å². The molecule has 1 saturated heterocycles. The van der Waals surface area contributed by atoms with Gasteiger partial charge in [-0.1, -0.05) is 13.8 Å². The Morgan fingerprint density at radius 1 is 1.09 bits per heavy atom. The first-order valence-corrected chi connectivity index (χ1v) is 8.35. The molecular weight excluding hydrogens is 304 g/mol. The van der Waals surface area contributed by atoms with Crippen LogP contribution in [0.1, 0.15) is 33.1 Å². The number of rotatable bonds is 4. The zero-order valence-electron chi connectivity index (χ0n) is 13.6. The Bertz CT molecular complexity index is 444. The maximum atomic E-state index is 10.3. The first-order valence-electron chi connectivity index (χ1n) is 8.35. The molecule has 0 aromatic heterocycles. The highest BCUT2D eigenvalue weighted by molar-refractivity contribution is 5.12. The molecule has 2 bridgehead atoms. The van der Waals surface area contributed by atoms with E-state index in [2.05, 4.69) is 13.8 Å². The summed E-state index contributed by atoms with van der Waals surface area (Å²) in [6.07, 6.45) is -3.89. The van der Waals surface area contributed by atoms with Crippen LogP contribution in [-0.2, 0) is 9.47 Å². The van der Waals surface area contributed by atoms with E-state index in [0.29, 0.717) is 5.92 Å². The monoisotopic (exact) mass is 332 g/mol. The van der Waals surface area contributed by atoms with E-state index in [1.54, 1.807) is 0 Å². The van der Waals surface area contributed by atoms with Crippen molar-refractivity contribution in [1.29, 1.82) is 0 Å². The fourth-order valence-corrected chi connectivity index (χ4v) is 4.74. The molecule has 1 aliphatic heterocycles. The largest absolute Gasteiger partial charge is 0.394 e. The average Bonchev–Trinajstić information content (AvgIpc) is 2.87. The highest BCUT2D eigenvalue weighted by Crippen LogP contribution is 2.65. The first-order chi connectivity index (χ1) is 10.7. The molecule has 0 aromatic carbocycles. The molecule has 134 valence electrons. The van der Waals surface area contributed by atoms with Crippen molar-refractivity contribution in [2.75, 3.05) is 13.2 Å². The molecule has 3 rings (SSSR count). The van der Waals surface area contributed by atoms with Gasteiger partial charge < -0.3 is 35.0 Å². The summed E-state index contributed by atoms with van der Waals surface area (Å²) in [6.45, 7) is 3.97. The van der Waals surface area contributed by atoms with Crippen LogP contribution < -0.4 is 0 Å². The molecule has 0 aromatic rings. The Kier molecular flexibility index (Phi) is 4.51. The van der Waals surface area contributed by atoms with Crippen molar-refractivity contribution in [2.45, 2.75) is 69.9 Å². The van der Waals surface area contributed by atoms with Gasteiger partial charge in [0.1, 0.15) is 24.4 Å². The molecule has 0 radical (unpaired) electrons. The molecule has 7 nitrogen and oxygen atoms in total. The normalized spacial score (nSPS) is 56.2. The summed E-state index contributed by atoms with van der Waals surface area (Å²) >= 11 is 0. The van der Waals surface area contributed by atoms with E-state index in [4.69, 9.17) is 9.47 Å². The Morgan fingerprint density at radius 3 is 2.30 bits per heavy atom. The number of hydrogen-bond acceptors (Lipinski definition) is 7. The number of ether oxygens (including phenoxy) is 2. The number of aliphatic hydroxyl groups is 5. The van der Waals surface area contributed by atoms with Crippen LogP contribution in [-0.4, -0.2) is 75.6 Å². The third-order valence-electron chi connectivity index (χ3n) is 6.86. The van der Waals surface area contributed by atoms with Crippen molar-refractivity contribution in [3.8, 4) is 0 Å². The van der Waals surface area contributed by atoms with Crippen LogP contribution in [0.3, 0.4) is 0 Å². The van der Waals surface area contributed by atoms with Crippen LogP contribution in [0.4, 0.5) is 0 Å². The summed E-state index contributed by atoms with van der Waals surface area (Å²) in [6, 6.07) is 0. The van der Waals surface area contributed by atoms with Crippen molar-refractivity contribution < 1.29 is 35.0 Å². The lowest BCUT2D eigenvalue weighted by Crippen LogP contribution is -2.59. The topological polar surface area (TPSA) is 120 Å². The maximum Gasteiger partial charge on any atom is 0.186 e. The van der Waals surface area contributed by atoms with Crippen molar-refractivity contribution in [3.63, 3.8) is 0 Å². The number of aliphatic hydroxyl groups excluding tert-OH is 5. The van der Waals surface area contributed by atoms with Crippen LogP contribution in [0.5, 0.6) is 0 Å². The zero-order chi connectivity index (χ0) is 17.0. The molecule has 1 heterocycles. The second-order valence-electron chi connectivity index (χ2n) is 7.83. The summed E-state index contributed by atoms with van der Waals surface area (Å²) in [4.78, 5) is 0. The highest BCUT2D eigenvalue weighted by atomic mass is 16.7. The van der Waals surface area contributed by atoms with E-state index in [0.717, 1.165) is 19.3 Å². The van der Waals surface area contributed by atoms with Gasteiger partial charge in [-0.3, -0.25) is 0 Å². The second kappa shape index (κ2) is 5.91. The summed E-state index contributed by atoms with van der Waals surface area (Å²) in [5.41, 5.74) is -0.461. The predicted octanol–water partition coefficient (Wildman–Crippen LogP) is -1.01. The van der Waals surface area contributed by atoms with E-state index in [9.17, 15) is 25.5 Å². The van der Waals surface area contributed by atoms with Gasteiger partial charge in [-0.15, -0.1) is 0 Å². The fourth-order valence-electron chi connectivity index (χ4n) is 4.74. The van der Waals surface area contributed by atoms with Gasteiger partial charge in [0.2, 0.25) is 0 Å². The molecule has 0 spiro atoms. The Hall–Kier alpha value is -0.280. The highest BCUT2D eigenvalue weighted by Gasteiger charge is 2.64. The van der Waals surface area contributed by atoms with Crippen LogP contribution in [0, 0.1) is 16.7 Å². The zero-order valence-corrected chi connectivity index (χ0v) is 13.6. The van der Waals surface area contributed by atoms with E-state index >= 15 is 0 Å². The van der Waals surface area contributed by atoms with E-state index in [1.807, 2.05) is 0 Å². The van der Waals surface area contributed by atoms with E-state index in [1.165, 1.54) is 0 Å². The van der Waals surface area contributed by atoms with Gasteiger partial charge in [-0.05, 0) is 25.2 Å². The van der Waals surface area contributed by atoms with E-state index in [-0.39, 0.29) is 23.5 Å². The van der Waals surface area contributed by atoms with Gasteiger partial charge in [-0.25, -0.2) is 0 Å². The fraction of sp³-hybridized carbons (Fsp3) is 1.00. The molecule has 3 fully saturated rings. The predicted molar refractivity (Wildman–Crippen MR) is 79.3 cm³/mol. The molecule has 9 unspecified atom stereocenters. The number of hydrogen-bond donors (Lipinski definition) is 5. The molecule has 2 saturated carbocycles. The Morgan fingerprint density at radius 2 is 1.78 bits per heavy atom. The molecule has 7 heteroatoms. The molecule has 2 aliphatic carbocycles. The third kappa shape index (κ3) is 2.45. The van der Waals surface area contributed by atoms with Crippen molar-refractivity contribution >= 4 is 0 Å². The standard InChI is InChI=1S/C16H28O7/c1-15-4-3-8(5-10(15)18)16(15,2)7-22-14-13(21)12(20)11(19)9(6-17)23-14/h8-14,17-21H,3-7H2,1-2H3. The van der Waals surface area contributed by atoms with Gasteiger partial charge in [0.25, 0.3) is 0 Å². The smallest absolute Gasteiger partial charge is 0.186 e. The minimum absolute atomic E-state index is 0.230. The van der Waals surface area contributed by atoms with Crippen LogP contribution in [0.15, 0.2) is 0 Å². The Balaban J connectivity index is 1.68. The molecule has 3 aliphatic rings. The molecule has 23 heavy (non-hydrogen) atoms. The van der Waals surface area contributed by atoms with E-state index < -0.39 is 37.3 Å². The maximum absolute atomic E-state index is 10.3. The van der Waals surface area contributed by atoms with Crippen molar-refractivity contribution in [3.05, 3.63) is 0 Å². The molecule has 0 amide bonds. The van der Waals surface area contributed by atoms with Crippen molar-refractivity contribution in [1.82, 2.24) is 0 Å². The van der Waals surface area contributed by atoms with Gasteiger partial charge in [0.05, 0.1) is 19.3 Å². The summed E-state index contributed by atoms with van der Waals surface area (Å²) in [7, 11) is 0.